The van der Waals surface area contributed by atoms with Gasteiger partial charge in [-0.1, -0.05) is 41.9 Å². The Kier molecular flexibility index (Phi) is 6.28. The SMILES string of the molecule is O=S(=O)([O-])c1cc(Cl)cc(N=Nc2c(O)ccc3ccccc23)c1O.[Na+]. The Morgan fingerprint density at radius 1 is 1.00 bits per heavy atom. The van der Waals surface area contributed by atoms with Crippen LogP contribution in [0.25, 0.3) is 10.8 Å². The van der Waals surface area contributed by atoms with E-state index >= 15 is 0 Å². The van der Waals surface area contributed by atoms with E-state index < -0.39 is 20.8 Å². The molecule has 0 unspecified atom stereocenters. The number of phenolic OH excluding ortho intramolecular Hbond substituents is 2. The summed E-state index contributed by atoms with van der Waals surface area (Å²) in [6.07, 6.45) is 0. The predicted molar refractivity (Wildman–Crippen MR) is 90.9 cm³/mol. The van der Waals surface area contributed by atoms with E-state index in [1.807, 2.05) is 12.1 Å². The second kappa shape index (κ2) is 7.91. The summed E-state index contributed by atoms with van der Waals surface area (Å²) in [6.45, 7) is 0. The summed E-state index contributed by atoms with van der Waals surface area (Å²) >= 11 is 5.77. The molecule has 0 aromatic heterocycles. The van der Waals surface area contributed by atoms with Crippen LogP contribution in [0.5, 0.6) is 11.5 Å². The van der Waals surface area contributed by atoms with Crippen molar-refractivity contribution in [3.63, 3.8) is 0 Å². The van der Waals surface area contributed by atoms with Crippen molar-refractivity contribution < 1.29 is 52.7 Å². The Morgan fingerprint density at radius 2 is 1.69 bits per heavy atom. The van der Waals surface area contributed by atoms with Crippen molar-refractivity contribution in [1.82, 2.24) is 0 Å². The summed E-state index contributed by atoms with van der Waals surface area (Å²) < 4.78 is 33.5. The molecule has 0 saturated carbocycles. The number of benzene rings is 3. The van der Waals surface area contributed by atoms with E-state index in [0.717, 1.165) is 17.5 Å². The molecule has 0 aliphatic rings. The fraction of sp³-hybridized carbons (Fsp3) is 0. The van der Waals surface area contributed by atoms with Gasteiger partial charge in [0.05, 0.1) is 4.90 Å². The molecule has 3 rings (SSSR count). The smallest absolute Gasteiger partial charge is 0.744 e. The molecule has 26 heavy (non-hydrogen) atoms. The van der Waals surface area contributed by atoms with Crippen molar-refractivity contribution in [3.05, 3.63) is 53.6 Å². The van der Waals surface area contributed by atoms with E-state index in [0.29, 0.717) is 5.39 Å². The van der Waals surface area contributed by atoms with Crippen LogP contribution in [0.2, 0.25) is 5.02 Å². The number of halogens is 1. The van der Waals surface area contributed by atoms with Gasteiger partial charge in [-0.15, -0.1) is 10.2 Å². The summed E-state index contributed by atoms with van der Waals surface area (Å²) in [6, 6.07) is 12.2. The van der Waals surface area contributed by atoms with Gasteiger partial charge in [-0.2, -0.15) is 0 Å². The van der Waals surface area contributed by atoms with Crippen LogP contribution in [-0.2, 0) is 10.1 Å². The summed E-state index contributed by atoms with van der Waals surface area (Å²) in [5.41, 5.74) is -0.182. The van der Waals surface area contributed by atoms with Gasteiger partial charge < -0.3 is 14.8 Å². The number of hydrogen-bond donors (Lipinski definition) is 2. The Balaban J connectivity index is 0.00000243. The third-order valence-corrected chi connectivity index (χ3v) is 4.49. The number of aromatic hydroxyl groups is 2. The van der Waals surface area contributed by atoms with Crippen molar-refractivity contribution in [2.24, 2.45) is 10.2 Å². The molecule has 10 heteroatoms. The van der Waals surface area contributed by atoms with E-state index in [1.165, 1.54) is 6.07 Å². The zero-order valence-corrected chi connectivity index (χ0v) is 17.0. The monoisotopic (exact) mass is 400 g/mol. The largest absolute Gasteiger partial charge is 1.00 e. The van der Waals surface area contributed by atoms with Gasteiger partial charge in [0.25, 0.3) is 0 Å². The van der Waals surface area contributed by atoms with E-state index in [2.05, 4.69) is 10.2 Å². The molecule has 0 aliphatic carbocycles. The van der Waals surface area contributed by atoms with Crippen LogP contribution in [0.1, 0.15) is 0 Å². The maximum absolute atomic E-state index is 11.2. The average Bonchev–Trinajstić information content (AvgIpc) is 2.55. The van der Waals surface area contributed by atoms with Crippen LogP contribution < -0.4 is 29.6 Å². The van der Waals surface area contributed by atoms with Gasteiger partial charge in [-0.3, -0.25) is 0 Å². The number of azo groups is 1. The predicted octanol–water partition coefficient (Wildman–Crippen LogP) is 1.23. The van der Waals surface area contributed by atoms with E-state index in [9.17, 15) is 23.2 Å². The Labute approximate surface area is 176 Å². The number of hydrogen-bond acceptors (Lipinski definition) is 7. The molecule has 3 aromatic carbocycles. The van der Waals surface area contributed by atoms with Crippen molar-refractivity contribution in [3.8, 4) is 11.5 Å². The topological polar surface area (TPSA) is 122 Å². The Hall–Kier alpha value is -1.68. The summed E-state index contributed by atoms with van der Waals surface area (Å²) in [5.74, 6) is -1.01. The molecule has 7 nitrogen and oxygen atoms in total. The Morgan fingerprint density at radius 3 is 2.38 bits per heavy atom. The standard InChI is InChI=1S/C16H11ClN2O5S.Na/c17-10-7-12(16(21)14(8-10)25(22,23)24)18-19-15-11-4-2-1-3-9(11)5-6-13(15)20;/h1-8,20-21H,(H,22,23,24);/q;+1/p-1. The molecule has 0 aliphatic heterocycles. The first-order valence-electron chi connectivity index (χ1n) is 6.88. The molecule has 2 N–H and O–H groups in total. The van der Waals surface area contributed by atoms with E-state index in [1.54, 1.807) is 18.2 Å². The van der Waals surface area contributed by atoms with E-state index in [-0.39, 0.29) is 51.7 Å². The van der Waals surface area contributed by atoms with Crippen LogP contribution >= 0.6 is 11.6 Å². The second-order valence-electron chi connectivity index (χ2n) is 5.08. The fourth-order valence-corrected chi connectivity index (χ4v) is 3.17. The quantitative estimate of drug-likeness (QED) is 0.389. The van der Waals surface area contributed by atoms with Crippen molar-refractivity contribution in [2.75, 3.05) is 0 Å². The molecule has 0 atom stereocenters. The van der Waals surface area contributed by atoms with Gasteiger partial charge in [0, 0.05) is 10.4 Å². The average molecular weight is 401 g/mol. The molecule has 3 aromatic rings. The summed E-state index contributed by atoms with van der Waals surface area (Å²) in [5, 5.41) is 28.9. The maximum Gasteiger partial charge on any atom is 1.00 e. The zero-order chi connectivity index (χ0) is 18.2. The minimum atomic E-state index is -4.94. The first-order valence-corrected chi connectivity index (χ1v) is 8.67. The number of rotatable bonds is 3. The van der Waals surface area contributed by atoms with Crippen LogP contribution in [0.15, 0.2) is 63.7 Å². The summed E-state index contributed by atoms with van der Waals surface area (Å²) in [7, 11) is -4.94. The number of nitrogens with zero attached hydrogens (tertiary/aromatic N) is 2. The van der Waals surface area contributed by atoms with Gasteiger partial charge >= 0.3 is 29.6 Å². The van der Waals surface area contributed by atoms with Crippen molar-refractivity contribution in [2.45, 2.75) is 4.90 Å². The van der Waals surface area contributed by atoms with Gasteiger partial charge in [-0.05, 0) is 23.6 Å². The van der Waals surface area contributed by atoms with Crippen LogP contribution in [-0.4, -0.2) is 23.2 Å². The van der Waals surface area contributed by atoms with Gasteiger partial charge in [0.1, 0.15) is 27.2 Å². The van der Waals surface area contributed by atoms with Crippen molar-refractivity contribution >= 4 is 43.9 Å². The van der Waals surface area contributed by atoms with Crippen molar-refractivity contribution in [1.29, 1.82) is 0 Å². The molecule has 0 spiro atoms. The molecule has 0 saturated heterocycles. The minimum Gasteiger partial charge on any atom is -0.744 e. The van der Waals surface area contributed by atoms with Crippen LogP contribution in [0, 0.1) is 0 Å². The van der Waals surface area contributed by atoms with Gasteiger partial charge in [-0.25, -0.2) is 8.42 Å². The molecule has 0 radical (unpaired) electrons. The molecular formula is C16H10ClN2NaO5S. The molecule has 128 valence electrons. The molecule has 0 bridgehead atoms. The number of phenols is 2. The van der Waals surface area contributed by atoms with Gasteiger partial charge in [0.2, 0.25) is 0 Å². The first kappa shape index (κ1) is 20.6. The number of fused-ring (bicyclic) bond motifs is 1. The molecule has 0 heterocycles. The summed E-state index contributed by atoms with van der Waals surface area (Å²) in [4.78, 5) is -0.893. The molecular weight excluding hydrogens is 391 g/mol. The maximum atomic E-state index is 11.2. The van der Waals surface area contributed by atoms with Crippen LogP contribution in [0.3, 0.4) is 0 Å². The van der Waals surface area contributed by atoms with E-state index in [4.69, 9.17) is 11.6 Å². The third-order valence-electron chi connectivity index (χ3n) is 3.43. The molecule has 0 amide bonds. The second-order valence-corrected chi connectivity index (χ2v) is 6.86. The van der Waals surface area contributed by atoms with Crippen LogP contribution in [0.4, 0.5) is 11.4 Å². The molecule has 0 fully saturated rings. The normalized spacial score (nSPS) is 11.6. The zero-order valence-electron chi connectivity index (χ0n) is 13.4. The van der Waals surface area contributed by atoms with Gasteiger partial charge in [0.15, 0.2) is 5.75 Å². The third kappa shape index (κ3) is 4.17. The minimum absolute atomic E-state index is 0. The Bertz CT molecular complexity index is 1120. The first-order chi connectivity index (χ1) is 11.8. The fourth-order valence-electron chi connectivity index (χ4n) is 2.28.